The van der Waals surface area contributed by atoms with Crippen LogP contribution in [0, 0.1) is 40.4 Å². The van der Waals surface area contributed by atoms with Crippen molar-refractivity contribution in [3.05, 3.63) is 0 Å². The highest BCUT2D eigenvalue weighted by Gasteiger charge is 2.72. The fraction of sp³-hybridized carbons (Fsp3) is 0.875. The van der Waals surface area contributed by atoms with Crippen molar-refractivity contribution in [3.63, 3.8) is 0 Å². The van der Waals surface area contributed by atoms with Gasteiger partial charge in [0, 0.05) is 30.9 Å². The highest BCUT2D eigenvalue weighted by molar-refractivity contribution is 7.80. The number of esters is 1. The minimum absolute atomic E-state index is 0.0491. The Kier molecular flexibility index (Phi) is 6.13. The molecule has 4 saturated carbocycles. The van der Waals surface area contributed by atoms with Crippen LogP contribution in [0.3, 0.4) is 0 Å². The molecule has 10 atom stereocenters. The normalized spacial score (nSPS) is 48.6. The summed E-state index contributed by atoms with van der Waals surface area (Å²) in [7, 11) is 0. The van der Waals surface area contributed by atoms with Gasteiger partial charge >= 0.3 is 5.97 Å². The second kappa shape index (κ2) is 8.20. The van der Waals surface area contributed by atoms with Gasteiger partial charge in [-0.1, -0.05) is 13.8 Å². The molecule has 4 aliphatic rings. The molecule has 8 heteroatoms. The van der Waals surface area contributed by atoms with Gasteiger partial charge in [-0.25, -0.2) is 0 Å². The van der Waals surface area contributed by atoms with Gasteiger partial charge in [-0.05, 0) is 86.8 Å². The van der Waals surface area contributed by atoms with Crippen molar-refractivity contribution in [2.24, 2.45) is 51.3 Å². The third kappa shape index (κ3) is 3.48. The number of hydrogen-bond donors (Lipinski definition) is 4. The van der Waals surface area contributed by atoms with E-state index in [2.05, 4.69) is 24.4 Å². The molecule has 0 radical (unpaired) electrons. The van der Waals surface area contributed by atoms with Crippen molar-refractivity contribution < 1.29 is 19.7 Å². The summed E-state index contributed by atoms with van der Waals surface area (Å²) in [6.07, 6.45) is 7.39. The largest absolute Gasteiger partial charge is 0.462 e. The standard InChI is InChI=1S/C24H39N3O4S/c1-13(28)16-5-6-17-20-18(8-9-22(16,17)3)23(4)10-7-15(31-14(2)29)11-24(23,30)19(20)12-26-27-21(25)32/h12-13,15-20,28,30H,5-11H2,1-4H3,(H3,25,27,32)/b26-12+/t13-,15+,16-,17+,18+,19-,20+,22-,23-,24-/m1/s1. The number of aliphatic hydroxyl groups excluding tert-OH is 1. The van der Waals surface area contributed by atoms with Crippen LogP contribution in [-0.2, 0) is 9.53 Å². The van der Waals surface area contributed by atoms with E-state index in [1.807, 2.05) is 13.1 Å². The lowest BCUT2D eigenvalue weighted by molar-refractivity contribution is -0.170. The molecule has 0 heterocycles. The predicted octanol–water partition coefficient (Wildman–Crippen LogP) is 2.73. The van der Waals surface area contributed by atoms with E-state index in [0.717, 1.165) is 38.5 Å². The zero-order chi connectivity index (χ0) is 23.5. The molecule has 5 N–H and O–H groups in total. The number of aliphatic hydroxyl groups is 2. The third-order valence-electron chi connectivity index (χ3n) is 10.0. The zero-order valence-electron chi connectivity index (χ0n) is 19.7. The molecule has 0 unspecified atom stereocenters. The van der Waals surface area contributed by atoms with Crippen molar-refractivity contribution >= 4 is 29.5 Å². The summed E-state index contributed by atoms with van der Waals surface area (Å²) in [6.45, 7) is 7.92. The Morgan fingerprint density at radius 2 is 1.97 bits per heavy atom. The topological polar surface area (TPSA) is 117 Å². The fourth-order valence-corrected chi connectivity index (χ4v) is 8.77. The smallest absolute Gasteiger partial charge is 0.302 e. The number of hydrogen-bond acceptors (Lipinski definition) is 6. The fourth-order valence-electron chi connectivity index (χ4n) is 8.71. The molecule has 0 spiro atoms. The second-order valence-electron chi connectivity index (χ2n) is 11.4. The Hall–Kier alpha value is -1.25. The van der Waals surface area contributed by atoms with Crippen LogP contribution in [0.1, 0.15) is 72.6 Å². The van der Waals surface area contributed by atoms with Crippen LogP contribution in [0.25, 0.3) is 0 Å². The maximum Gasteiger partial charge on any atom is 0.302 e. The molecule has 4 aliphatic carbocycles. The summed E-state index contributed by atoms with van der Waals surface area (Å²) in [5.74, 6) is 0.787. The number of nitrogens with two attached hydrogens (primary N) is 1. The van der Waals surface area contributed by atoms with Crippen LogP contribution in [0.15, 0.2) is 5.10 Å². The van der Waals surface area contributed by atoms with Crippen molar-refractivity contribution in [2.45, 2.75) is 90.4 Å². The van der Waals surface area contributed by atoms with Crippen LogP contribution in [0.4, 0.5) is 0 Å². The summed E-state index contributed by atoms with van der Waals surface area (Å²) >= 11 is 4.92. The molecular formula is C24H39N3O4S. The van der Waals surface area contributed by atoms with E-state index in [0.29, 0.717) is 18.3 Å². The Bertz CT molecular complexity index is 806. The number of thiocarbonyl (C=S) groups is 1. The molecule has 4 rings (SSSR count). The summed E-state index contributed by atoms with van der Waals surface area (Å²) in [6, 6.07) is 0. The number of carbonyl (C=O) groups is 1. The highest BCUT2D eigenvalue weighted by Crippen LogP contribution is 2.72. The van der Waals surface area contributed by atoms with E-state index >= 15 is 0 Å². The second-order valence-corrected chi connectivity index (χ2v) is 11.8. The van der Waals surface area contributed by atoms with Crippen molar-refractivity contribution in [3.8, 4) is 0 Å². The van der Waals surface area contributed by atoms with Gasteiger partial charge in [0.05, 0.1) is 11.7 Å². The Balaban J connectivity index is 1.74. The first-order chi connectivity index (χ1) is 14.9. The molecular weight excluding hydrogens is 426 g/mol. The van der Waals surface area contributed by atoms with E-state index in [1.54, 1.807) is 0 Å². The van der Waals surface area contributed by atoms with E-state index in [1.165, 1.54) is 6.92 Å². The molecule has 0 saturated heterocycles. The quantitative estimate of drug-likeness (QED) is 0.218. The minimum Gasteiger partial charge on any atom is -0.462 e. The number of rotatable bonds is 4. The molecule has 0 aromatic heterocycles. The van der Waals surface area contributed by atoms with E-state index in [9.17, 15) is 15.0 Å². The summed E-state index contributed by atoms with van der Waals surface area (Å²) in [4.78, 5) is 11.7. The highest BCUT2D eigenvalue weighted by atomic mass is 32.1. The van der Waals surface area contributed by atoms with Crippen molar-refractivity contribution in [2.75, 3.05) is 0 Å². The van der Waals surface area contributed by atoms with Gasteiger partial charge in [-0.3, -0.25) is 10.2 Å². The van der Waals surface area contributed by atoms with Crippen molar-refractivity contribution in [1.29, 1.82) is 0 Å². The minimum atomic E-state index is -1.03. The molecule has 180 valence electrons. The maximum absolute atomic E-state index is 12.4. The first-order valence-electron chi connectivity index (χ1n) is 12.1. The van der Waals surface area contributed by atoms with Gasteiger partial charge in [0.15, 0.2) is 5.11 Å². The predicted molar refractivity (Wildman–Crippen MR) is 127 cm³/mol. The average molecular weight is 466 g/mol. The van der Waals surface area contributed by atoms with E-state index < -0.39 is 5.60 Å². The number of hydrazone groups is 1. The first-order valence-corrected chi connectivity index (χ1v) is 12.5. The Morgan fingerprint density at radius 3 is 2.59 bits per heavy atom. The first kappa shape index (κ1) is 23.9. The summed E-state index contributed by atoms with van der Waals surface area (Å²) in [5.41, 5.74) is 7.01. The van der Waals surface area contributed by atoms with Crippen molar-refractivity contribution in [1.82, 2.24) is 5.43 Å². The molecule has 0 aromatic carbocycles. The van der Waals surface area contributed by atoms with Crippen LogP contribution < -0.4 is 11.2 Å². The van der Waals surface area contributed by atoms with Gasteiger partial charge in [-0.2, -0.15) is 5.10 Å². The molecule has 0 aromatic rings. The third-order valence-corrected chi connectivity index (χ3v) is 10.1. The van der Waals surface area contributed by atoms with Crippen LogP contribution in [0.2, 0.25) is 0 Å². The number of ether oxygens (including phenoxy) is 1. The van der Waals surface area contributed by atoms with Gasteiger partial charge < -0.3 is 20.7 Å². The Morgan fingerprint density at radius 1 is 1.25 bits per heavy atom. The van der Waals surface area contributed by atoms with Gasteiger partial charge in [-0.15, -0.1) is 0 Å². The van der Waals surface area contributed by atoms with Crippen LogP contribution in [-0.4, -0.2) is 45.3 Å². The van der Waals surface area contributed by atoms with Crippen LogP contribution in [0.5, 0.6) is 0 Å². The molecule has 32 heavy (non-hydrogen) atoms. The lowest BCUT2D eigenvalue weighted by Crippen LogP contribution is -2.55. The number of nitrogens with zero attached hydrogens (tertiary/aromatic N) is 1. The number of nitrogens with one attached hydrogen (secondary N) is 1. The van der Waals surface area contributed by atoms with Gasteiger partial charge in [0.25, 0.3) is 0 Å². The van der Waals surface area contributed by atoms with Gasteiger partial charge in [0.2, 0.25) is 0 Å². The zero-order valence-corrected chi connectivity index (χ0v) is 20.5. The van der Waals surface area contributed by atoms with Gasteiger partial charge in [0.1, 0.15) is 6.10 Å². The summed E-state index contributed by atoms with van der Waals surface area (Å²) < 4.78 is 5.58. The summed E-state index contributed by atoms with van der Waals surface area (Å²) in [5, 5.41) is 27.3. The number of fused-ring (bicyclic) bond motifs is 5. The van der Waals surface area contributed by atoms with E-state index in [4.69, 9.17) is 22.7 Å². The monoisotopic (exact) mass is 465 g/mol. The molecule has 0 bridgehead atoms. The molecule has 7 nitrogen and oxygen atoms in total. The lowest BCUT2D eigenvalue weighted by atomic mass is 9.54. The van der Waals surface area contributed by atoms with Crippen LogP contribution >= 0.6 is 12.2 Å². The average Bonchev–Trinajstić information content (AvgIpc) is 3.12. The lowest BCUT2D eigenvalue weighted by Gasteiger charge is -2.52. The molecule has 4 fully saturated rings. The SMILES string of the molecule is CC(=O)O[C@H]1CC[C@]2(C)[C@H]3CC[C@]4(C)[C@@H]([C@@H](C)O)CC[C@H]4[C@@H]3[C@@H](/C=N/NC(N)=S)[C@]2(O)C1. The molecule has 0 amide bonds. The molecule has 0 aliphatic heterocycles. The maximum atomic E-state index is 12.4. The number of carbonyl (C=O) groups excluding carboxylic acids is 1. The Labute approximate surface area is 196 Å². The van der Waals surface area contributed by atoms with E-state index in [-0.39, 0.29) is 51.9 Å².